The normalized spacial score (nSPS) is 11.2. The minimum atomic E-state index is -0.529. The van der Waals surface area contributed by atoms with E-state index in [1.54, 1.807) is 24.3 Å². The Morgan fingerprint density at radius 1 is 1.21 bits per heavy atom. The molecule has 0 atom stereocenters. The Kier molecular flexibility index (Phi) is 7.81. The van der Waals surface area contributed by atoms with Gasteiger partial charge in [-0.2, -0.15) is 0 Å². The highest BCUT2D eigenvalue weighted by molar-refractivity contribution is 6.30. The molecule has 0 bridgehead atoms. The van der Waals surface area contributed by atoms with E-state index in [4.69, 9.17) is 23.2 Å². The van der Waals surface area contributed by atoms with Crippen LogP contribution >= 0.6 is 23.2 Å². The number of hydrogen-bond acceptors (Lipinski definition) is 4. The van der Waals surface area contributed by atoms with Gasteiger partial charge in [0.1, 0.15) is 18.1 Å². The smallest absolute Gasteiger partial charge is 0.278 e. The van der Waals surface area contributed by atoms with Gasteiger partial charge in [0.2, 0.25) is 11.8 Å². The molecule has 0 aliphatic rings. The van der Waals surface area contributed by atoms with E-state index >= 15 is 0 Å². The Hall–Kier alpha value is -2.38. The van der Waals surface area contributed by atoms with Crippen molar-refractivity contribution in [3.63, 3.8) is 0 Å². The maximum Gasteiger partial charge on any atom is 0.278 e. The van der Waals surface area contributed by atoms with Crippen LogP contribution in [0.1, 0.15) is 33.6 Å². The van der Waals surface area contributed by atoms with Crippen molar-refractivity contribution in [3.8, 4) is 11.4 Å². The molecule has 1 heterocycles. The number of aromatic nitrogens is 2. The van der Waals surface area contributed by atoms with Crippen molar-refractivity contribution >= 4 is 40.7 Å². The van der Waals surface area contributed by atoms with Crippen molar-refractivity contribution in [3.05, 3.63) is 45.8 Å². The summed E-state index contributed by atoms with van der Waals surface area (Å²) in [6, 6.07) is 6.82. The van der Waals surface area contributed by atoms with Gasteiger partial charge in [-0.05, 0) is 39.3 Å². The fraction of sp³-hybridized carbons (Fsp3) is 0.400. The number of anilines is 1. The van der Waals surface area contributed by atoms with Crippen molar-refractivity contribution in [1.82, 2.24) is 14.9 Å². The molecule has 0 spiro atoms. The molecule has 2 rings (SSSR count). The van der Waals surface area contributed by atoms with Crippen LogP contribution in [0, 0.1) is 0 Å². The predicted octanol–water partition coefficient (Wildman–Crippen LogP) is 3.44. The lowest BCUT2D eigenvalue weighted by Crippen LogP contribution is -2.44. The first-order valence-corrected chi connectivity index (χ1v) is 10.0. The highest BCUT2D eigenvalue weighted by atomic mass is 35.5. The average Bonchev–Trinajstić information content (AvgIpc) is 2.62. The number of halogens is 2. The number of benzene rings is 1. The maximum atomic E-state index is 13.0. The zero-order valence-corrected chi connectivity index (χ0v) is 18.1. The van der Waals surface area contributed by atoms with Crippen molar-refractivity contribution in [2.75, 3.05) is 11.2 Å². The molecule has 29 heavy (non-hydrogen) atoms. The van der Waals surface area contributed by atoms with Gasteiger partial charge in [0.05, 0.1) is 6.20 Å². The molecular weight excluding hydrogens is 415 g/mol. The van der Waals surface area contributed by atoms with Crippen molar-refractivity contribution in [1.29, 1.82) is 0 Å². The van der Waals surface area contributed by atoms with Crippen LogP contribution in [-0.4, -0.2) is 32.8 Å². The molecule has 2 amide bonds. The Bertz CT molecular complexity index is 951. The molecule has 156 valence electrons. The summed E-state index contributed by atoms with van der Waals surface area (Å²) in [5, 5.41) is 5.84. The molecule has 0 saturated carbocycles. The van der Waals surface area contributed by atoms with Crippen LogP contribution in [0.4, 0.5) is 5.69 Å². The van der Waals surface area contributed by atoms with Gasteiger partial charge in [-0.3, -0.25) is 19.0 Å². The van der Waals surface area contributed by atoms with E-state index in [9.17, 15) is 14.4 Å². The van der Waals surface area contributed by atoms with E-state index in [1.807, 2.05) is 20.8 Å². The predicted molar refractivity (Wildman–Crippen MR) is 115 cm³/mol. The number of nitrogens with zero attached hydrogens (tertiary/aromatic N) is 2. The van der Waals surface area contributed by atoms with Gasteiger partial charge in [-0.25, -0.2) is 4.98 Å². The van der Waals surface area contributed by atoms with Crippen LogP contribution in [0.15, 0.2) is 35.3 Å². The number of rotatable bonds is 7. The molecule has 0 saturated heterocycles. The highest BCUT2D eigenvalue weighted by Gasteiger charge is 2.19. The third kappa shape index (κ3) is 6.87. The quantitative estimate of drug-likeness (QED) is 0.647. The SMILES string of the molecule is CC(C)(C)NC(=O)Cn1c(-c2cccc(Cl)c2)ncc(NC(=O)CCCCl)c1=O. The van der Waals surface area contributed by atoms with Gasteiger partial charge in [0.25, 0.3) is 5.56 Å². The summed E-state index contributed by atoms with van der Waals surface area (Å²) in [7, 11) is 0. The number of amides is 2. The largest absolute Gasteiger partial charge is 0.350 e. The molecule has 0 aliphatic carbocycles. The van der Waals surface area contributed by atoms with Gasteiger partial charge in [0.15, 0.2) is 0 Å². The van der Waals surface area contributed by atoms with Crippen LogP contribution in [0.25, 0.3) is 11.4 Å². The number of carbonyl (C=O) groups is 2. The van der Waals surface area contributed by atoms with Gasteiger partial charge in [-0.15, -0.1) is 11.6 Å². The summed E-state index contributed by atoms with van der Waals surface area (Å²) in [6.45, 7) is 5.28. The van der Waals surface area contributed by atoms with E-state index < -0.39 is 11.1 Å². The summed E-state index contributed by atoms with van der Waals surface area (Å²) < 4.78 is 1.23. The third-order valence-corrected chi connectivity index (χ3v) is 4.26. The Morgan fingerprint density at radius 2 is 1.93 bits per heavy atom. The molecular formula is C20H24Cl2N4O3. The summed E-state index contributed by atoms with van der Waals surface area (Å²) >= 11 is 11.7. The monoisotopic (exact) mass is 438 g/mol. The lowest BCUT2D eigenvalue weighted by Gasteiger charge is -2.21. The minimum absolute atomic E-state index is 0.00101. The number of alkyl halides is 1. The Morgan fingerprint density at radius 3 is 2.55 bits per heavy atom. The Labute approximate surface area is 179 Å². The second-order valence-corrected chi connectivity index (χ2v) is 8.35. The van der Waals surface area contributed by atoms with E-state index in [1.165, 1.54) is 10.8 Å². The molecule has 0 unspecified atom stereocenters. The van der Waals surface area contributed by atoms with Gasteiger partial charge in [0, 0.05) is 28.4 Å². The third-order valence-electron chi connectivity index (χ3n) is 3.76. The van der Waals surface area contributed by atoms with Crippen molar-refractivity contribution in [2.24, 2.45) is 0 Å². The topological polar surface area (TPSA) is 93.1 Å². The van der Waals surface area contributed by atoms with Gasteiger partial charge < -0.3 is 10.6 Å². The molecule has 1 aromatic heterocycles. The maximum absolute atomic E-state index is 13.0. The molecule has 2 N–H and O–H groups in total. The van der Waals surface area contributed by atoms with Gasteiger partial charge in [-0.1, -0.05) is 23.7 Å². The fourth-order valence-corrected chi connectivity index (χ4v) is 2.95. The second kappa shape index (κ2) is 9.89. The molecule has 0 radical (unpaired) electrons. The van der Waals surface area contributed by atoms with E-state index in [0.29, 0.717) is 22.9 Å². The number of nitrogens with one attached hydrogen (secondary N) is 2. The lowest BCUT2D eigenvalue weighted by atomic mass is 10.1. The summed E-state index contributed by atoms with van der Waals surface area (Å²) in [4.78, 5) is 41.8. The lowest BCUT2D eigenvalue weighted by molar-refractivity contribution is -0.123. The van der Waals surface area contributed by atoms with Gasteiger partial charge >= 0.3 is 0 Å². The van der Waals surface area contributed by atoms with Crippen LogP contribution in [0.5, 0.6) is 0 Å². The van der Waals surface area contributed by atoms with Crippen molar-refractivity contribution in [2.45, 2.75) is 45.7 Å². The van der Waals surface area contributed by atoms with Crippen molar-refractivity contribution < 1.29 is 9.59 Å². The molecule has 1 aromatic carbocycles. The zero-order valence-electron chi connectivity index (χ0n) is 16.6. The summed E-state index contributed by atoms with van der Waals surface area (Å²) in [6.07, 6.45) is 1.96. The first-order chi connectivity index (χ1) is 13.6. The molecule has 0 aliphatic heterocycles. The first-order valence-electron chi connectivity index (χ1n) is 9.13. The van der Waals surface area contributed by atoms with E-state index in [-0.39, 0.29) is 36.3 Å². The first kappa shape index (κ1) is 22.9. The van der Waals surface area contributed by atoms with Crippen LogP contribution in [0.3, 0.4) is 0 Å². The molecule has 7 nitrogen and oxygen atoms in total. The zero-order chi connectivity index (χ0) is 21.6. The second-order valence-electron chi connectivity index (χ2n) is 7.54. The van der Waals surface area contributed by atoms with Crippen LogP contribution in [-0.2, 0) is 16.1 Å². The van der Waals surface area contributed by atoms with E-state index in [2.05, 4.69) is 15.6 Å². The number of hydrogen-bond donors (Lipinski definition) is 2. The Balaban J connectivity index is 2.45. The fourth-order valence-electron chi connectivity index (χ4n) is 2.62. The van der Waals surface area contributed by atoms with E-state index in [0.717, 1.165) is 0 Å². The molecule has 0 fully saturated rings. The summed E-state index contributed by atoms with van der Waals surface area (Å²) in [5.74, 6) is -0.0716. The molecule has 9 heteroatoms. The average molecular weight is 439 g/mol. The summed E-state index contributed by atoms with van der Waals surface area (Å²) in [5.41, 5.74) is -0.409. The molecule has 2 aromatic rings. The number of carbonyl (C=O) groups excluding carboxylic acids is 2. The van der Waals surface area contributed by atoms with Crippen LogP contribution in [0.2, 0.25) is 5.02 Å². The standard InChI is InChI=1S/C20H24Cl2N4O3/c1-20(2,3)25-17(28)12-26-18(13-6-4-7-14(22)10-13)23-11-15(19(26)29)24-16(27)8-5-9-21/h4,6-7,10-11H,5,8-9,12H2,1-3H3,(H,24,27)(H,25,28). The minimum Gasteiger partial charge on any atom is -0.350 e. The van der Waals surface area contributed by atoms with Crippen LogP contribution < -0.4 is 16.2 Å². The highest BCUT2D eigenvalue weighted by Crippen LogP contribution is 2.21.